The summed E-state index contributed by atoms with van der Waals surface area (Å²) in [5.41, 5.74) is 1.09. The van der Waals surface area contributed by atoms with Gasteiger partial charge < -0.3 is 0 Å². The summed E-state index contributed by atoms with van der Waals surface area (Å²) >= 11 is 11.5. The summed E-state index contributed by atoms with van der Waals surface area (Å²) in [6, 6.07) is 0. The molecule has 1 aliphatic rings. The highest BCUT2D eigenvalue weighted by Gasteiger charge is 2.20. The highest BCUT2D eigenvalue weighted by molar-refractivity contribution is 7.34. The van der Waals surface area contributed by atoms with Crippen LogP contribution in [0, 0.1) is 0 Å². The molecule has 0 aromatic rings. The van der Waals surface area contributed by atoms with Crippen molar-refractivity contribution in [2.45, 2.75) is 32.0 Å². The number of hydrogen-bond donors (Lipinski definition) is 0. The van der Waals surface area contributed by atoms with Gasteiger partial charge in [-0.2, -0.15) is 22.9 Å². The van der Waals surface area contributed by atoms with Crippen molar-refractivity contribution in [3.63, 3.8) is 0 Å². The Balaban J connectivity index is 2.39. The highest BCUT2D eigenvalue weighted by Crippen LogP contribution is 2.29. The Morgan fingerprint density at radius 2 is 2.25 bits per heavy atom. The van der Waals surface area contributed by atoms with Crippen molar-refractivity contribution in [1.29, 1.82) is 0 Å². The van der Waals surface area contributed by atoms with E-state index in [4.69, 9.17) is 22.9 Å². The predicted octanol–water partition coefficient (Wildman–Crippen LogP) is 4.01. The van der Waals surface area contributed by atoms with Gasteiger partial charge in [0, 0.05) is 5.82 Å². The van der Waals surface area contributed by atoms with Gasteiger partial charge in [-0.05, 0) is 12.8 Å². The lowest BCUT2D eigenvalue weighted by atomic mass is 9.86. The van der Waals surface area contributed by atoms with Gasteiger partial charge in [0.1, 0.15) is 0 Å². The third kappa shape index (κ3) is 2.87. The fourth-order valence-electron chi connectivity index (χ4n) is 1.30. The van der Waals surface area contributed by atoms with E-state index in [0.717, 1.165) is 6.42 Å². The summed E-state index contributed by atoms with van der Waals surface area (Å²) in [4.78, 5) is 0. The van der Waals surface area contributed by atoms with E-state index in [-0.39, 0.29) is 11.4 Å². The standard InChI is InChI=1S/C9H13BCl2/c1-2-3-4-8-5-6-9(7-8)10(11)12/h5-7,9H,2-4H2,1H3. The van der Waals surface area contributed by atoms with Gasteiger partial charge in [0.2, 0.25) is 0 Å². The van der Waals surface area contributed by atoms with Gasteiger partial charge in [-0.25, -0.2) is 0 Å². The van der Waals surface area contributed by atoms with Gasteiger partial charge in [-0.1, -0.05) is 37.1 Å². The molecule has 1 unspecified atom stereocenters. The monoisotopic (exact) mass is 202 g/mol. The molecule has 0 aromatic heterocycles. The van der Waals surface area contributed by atoms with Gasteiger partial charge >= 0.3 is 5.54 Å². The molecule has 0 radical (unpaired) electrons. The van der Waals surface area contributed by atoms with Crippen molar-refractivity contribution in [1.82, 2.24) is 0 Å². The largest absolute Gasteiger partial charge is 0.362 e. The first-order valence-electron chi connectivity index (χ1n) is 4.41. The number of rotatable bonds is 4. The smallest absolute Gasteiger partial charge is 0.170 e. The Hall–Kier alpha value is 0.125. The van der Waals surface area contributed by atoms with Crippen LogP contribution in [0.1, 0.15) is 26.2 Å². The van der Waals surface area contributed by atoms with E-state index in [9.17, 15) is 0 Å². The van der Waals surface area contributed by atoms with Crippen LogP contribution in [0.3, 0.4) is 0 Å². The molecule has 1 aliphatic carbocycles. The van der Waals surface area contributed by atoms with Crippen LogP contribution in [0.5, 0.6) is 0 Å². The summed E-state index contributed by atoms with van der Waals surface area (Å²) in [6.07, 6.45) is 10.0. The van der Waals surface area contributed by atoms with Crippen molar-refractivity contribution in [3.8, 4) is 0 Å². The van der Waals surface area contributed by atoms with Crippen LogP contribution in [0.25, 0.3) is 0 Å². The molecular formula is C9H13BCl2. The average Bonchev–Trinajstić information content (AvgIpc) is 2.48. The lowest BCUT2D eigenvalue weighted by Gasteiger charge is -2.00. The van der Waals surface area contributed by atoms with Crippen molar-refractivity contribution < 1.29 is 0 Å². The third-order valence-corrected chi connectivity index (χ3v) is 2.63. The van der Waals surface area contributed by atoms with Gasteiger partial charge in [-0.3, -0.25) is 0 Å². The maximum absolute atomic E-state index is 5.75. The summed E-state index contributed by atoms with van der Waals surface area (Å²) < 4.78 is 0. The second kappa shape index (κ2) is 4.99. The molecule has 0 saturated carbocycles. The van der Waals surface area contributed by atoms with Crippen molar-refractivity contribution in [2.75, 3.05) is 0 Å². The number of allylic oxidation sites excluding steroid dienone is 4. The zero-order valence-corrected chi connectivity index (χ0v) is 8.78. The molecule has 0 fully saturated rings. The maximum atomic E-state index is 5.75. The first kappa shape index (κ1) is 10.2. The molecule has 12 heavy (non-hydrogen) atoms. The molecule has 0 amide bonds. The molecule has 0 nitrogen and oxygen atoms in total. The average molecular weight is 203 g/mol. The van der Waals surface area contributed by atoms with Gasteiger partial charge in [-0.15, -0.1) is 0 Å². The van der Waals surface area contributed by atoms with E-state index in [1.165, 1.54) is 18.4 Å². The molecule has 0 N–H and O–H groups in total. The second-order valence-corrected chi connectivity index (χ2v) is 4.28. The third-order valence-electron chi connectivity index (χ3n) is 2.05. The molecule has 0 aliphatic heterocycles. The predicted molar refractivity (Wildman–Crippen MR) is 58.0 cm³/mol. The zero-order chi connectivity index (χ0) is 8.97. The van der Waals surface area contributed by atoms with Gasteiger partial charge in [0.15, 0.2) is 0 Å². The fraction of sp³-hybridized carbons (Fsp3) is 0.556. The van der Waals surface area contributed by atoms with E-state index in [1.807, 2.05) is 0 Å². The number of hydrogen-bond acceptors (Lipinski definition) is 0. The van der Waals surface area contributed by atoms with Crippen LogP contribution < -0.4 is 0 Å². The molecule has 1 rings (SSSR count). The molecular weight excluding hydrogens is 190 g/mol. The van der Waals surface area contributed by atoms with Crippen LogP contribution in [-0.4, -0.2) is 5.54 Å². The second-order valence-electron chi connectivity index (χ2n) is 3.12. The Morgan fingerprint density at radius 1 is 1.50 bits per heavy atom. The highest BCUT2D eigenvalue weighted by atomic mass is 35.5. The molecule has 1 atom stereocenters. The Kier molecular flexibility index (Phi) is 4.24. The van der Waals surface area contributed by atoms with E-state index < -0.39 is 0 Å². The van der Waals surface area contributed by atoms with Crippen LogP contribution in [0.15, 0.2) is 23.8 Å². The quantitative estimate of drug-likeness (QED) is 0.605. The van der Waals surface area contributed by atoms with E-state index >= 15 is 0 Å². The summed E-state index contributed by atoms with van der Waals surface area (Å²) in [5.74, 6) is 0.236. The zero-order valence-electron chi connectivity index (χ0n) is 7.26. The van der Waals surface area contributed by atoms with E-state index in [0.29, 0.717) is 0 Å². The molecule has 0 heterocycles. The van der Waals surface area contributed by atoms with Crippen molar-refractivity contribution >= 4 is 28.5 Å². The molecule has 0 spiro atoms. The number of unbranched alkanes of at least 4 members (excludes halogenated alkanes) is 1. The van der Waals surface area contributed by atoms with Gasteiger partial charge in [0.25, 0.3) is 0 Å². The minimum absolute atomic E-state index is 0.236. The first-order valence-corrected chi connectivity index (χ1v) is 5.28. The first-order chi connectivity index (χ1) is 5.74. The van der Waals surface area contributed by atoms with Crippen LogP contribution in [0.4, 0.5) is 0 Å². The summed E-state index contributed by atoms with van der Waals surface area (Å²) in [7, 11) is 0. The SMILES string of the molecule is CCCCC1=CC(B(Cl)Cl)C=C1. The molecule has 0 bridgehead atoms. The Morgan fingerprint density at radius 3 is 2.75 bits per heavy atom. The molecule has 0 saturated heterocycles. The lowest BCUT2D eigenvalue weighted by molar-refractivity contribution is 0.798. The van der Waals surface area contributed by atoms with E-state index in [1.54, 1.807) is 0 Å². The lowest BCUT2D eigenvalue weighted by Crippen LogP contribution is -1.98. The minimum Gasteiger partial charge on any atom is -0.170 e. The van der Waals surface area contributed by atoms with Crippen molar-refractivity contribution in [3.05, 3.63) is 23.8 Å². The van der Waals surface area contributed by atoms with Crippen LogP contribution in [0.2, 0.25) is 5.82 Å². The minimum atomic E-state index is -0.291. The summed E-state index contributed by atoms with van der Waals surface area (Å²) in [5, 5.41) is 0. The topological polar surface area (TPSA) is 0 Å². The number of halogens is 2. The summed E-state index contributed by atoms with van der Waals surface area (Å²) in [6.45, 7) is 2.20. The van der Waals surface area contributed by atoms with Crippen LogP contribution in [-0.2, 0) is 0 Å². The molecule has 3 heteroatoms. The van der Waals surface area contributed by atoms with Crippen LogP contribution >= 0.6 is 22.9 Å². The maximum Gasteiger partial charge on any atom is 0.362 e. The Labute approximate surface area is 84.5 Å². The molecule has 66 valence electrons. The van der Waals surface area contributed by atoms with Gasteiger partial charge in [0.05, 0.1) is 0 Å². The fourth-order valence-corrected chi connectivity index (χ4v) is 1.61. The Bertz CT molecular complexity index is 197. The molecule has 0 aromatic carbocycles. The van der Waals surface area contributed by atoms with Crippen molar-refractivity contribution in [2.24, 2.45) is 0 Å². The van der Waals surface area contributed by atoms with E-state index in [2.05, 4.69) is 25.2 Å². The normalized spacial score (nSPS) is 21.2.